The molecule has 8 heavy (non-hydrogen) atoms. The van der Waals surface area contributed by atoms with Crippen molar-refractivity contribution in [2.75, 3.05) is 0 Å². The molecule has 0 amide bonds. The highest BCUT2D eigenvalue weighted by Crippen LogP contribution is 1.99. The van der Waals surface area contributed by atoms with Crippen LogP contribution in [0.25, 0.3) is 0 Å². The van der Waals surface area contributed by atoms with Crippen molar-refractivity contribution in [1.29, 1.82) is 0 Å². The van der Waals surface area contributed by atoms with Gasteiger partial charge in [0.05, 0.1) is 12.2 Å². The fourth-order valence-electron chi connectivity index (χ4n) is 0.537. The van der Waals surface area contributed by atoms with Crippen molar-refractivity contribution in [3.8, 4) is 0 Å². The van der Waals surface area contributed by atoms with Crippen molar-refractivity contribution in [2.45, 2.75) is 38.9 Å². The lowest BCUT2D eigenvalue weighted by atomic mass is 10.1. The molecular formula is C6H14O2. The van der Waals surface area contributed by atoms with Crippen LogP contribution in [0.5, 0.6) is 0 Å². The summed E-state index contributed by atoms with van der Waals surface area (Å²) in [5.74, 6) is 0. The van der Waals surface area contributed by atoms with Crippen molar-refractivity contribution in [3.05, 3.63) is 0 Å². The van der Waals surface area contributed by atoms with Crippen LogP contribution in [0.2, 0.25) is 0 Å². The van der Waals surface area contributed by atoms with Gasteiger partial charge in [-0.05, 0) is 13.3 Å². The number of aliphatic hydroxyl groups is 2. The van der Waals surface area contributed by atoms with Gasteiger partial charge in [0.25, 0.3) is 0 Å². The molecule has 2 atom stereocenters. The maximum Gasteiger partial charge on any atom is 0.0796 e. The quantitative estimate of drug-likeness (QED) is 0.567. The second kappa shape index (κ2) is 3.87. The summed E-state index contributed by atoms with van der Waals surface area (Å²) in [6.45, 7) is 3.58. The standard InChI is InChI=1S/C6H14O2/c1-3-4-6(8)5(2)7/h5-8H,3-4H2,1-2H3/t5-,6+/m0/s1. The predicted octanol–water partition coefficient (Wildman–Crippen LogP) is 0.528. The van der Waals surface area contributed by atoms with Crippen molar-refractivity contribution in [1.82, 2.24) is 0 Å². The summed E-state index contributed by atoms with van der Waals surface area (Å²) in [7, 11) is 0. The molecule has 0 radical (unpaired) electrons. The zero-order valence-corrected chi connectivity index (χ0v) is 5.46. The summed E-state index contributed by atoms with van der Waals surface area (Å²) < 4.78 is 0. The van der Waals surface area contributed by atoms with Gasteiger partial charge >= 0.3 is 0 Å². The summed E-state index contributed by atoms with van der Waals surface area (Å²) in [5, 5.41) is 17.6. The zero-order chi connectivity index (χ0) is 6.57. The third-order valence-electron chi connectivity index (χ3n) is 1.14. The SMILES string of the molecule is CCC[C@@H](O)[C@H](C)O. The van der Waals surface area contributed by atoms with E-state index < -0.39 is 12.2 Å². The molecule has 0 aromatic rings. The molecule has 0 heterocycles. The molecule has 0 unspecified atom stereocenters. The first-order valence-electron chi connectivity index (χ1n) is 3.04. The van der Waals surface area contributed by atoms with Crippen molar-refractivity contribution < 1.29 is 10.2 Å². The van der Waals surface area contributed by atoms with Gasteiger partial charge in [-0.15, -0.1) is 0 Å². The molecule has 0 rings (SSSR count). The van der Waals surface area contributed by atoms with E-state index in [4.69, 9.17) is 10.2 Å². The Morgan fingerprint density at radius 1 is 1.38 bits per heavy atom. The number of hydrogen-bond donors (Lipinski definition) is 2. The van der Waals surface area contributed by atoms with Gasteiger partial charge in [0.1, 0.15) is 0 Å². The Bertz CT molecular complexity index is 52.5. The Morgan fingerprint density at radius 3 is 2.00 bits per heavy atom. The van der Waals surface area contributed by atoms with Gasteiger partial charge in [0.15, 0.2) is 0 Å². The van der Waals surface area contributed by atoms with Crippen LogP contribution in [0.4, 0.5) is 0 Å². The van der Waals surface area contributed by atoms with Gasteiger partial charge < -0.3 is 10.2 Å². The molecule has 0 saturated heterocycles. The van der Waals surface area contributed by atoms with Gasteiger partial charge in [-0.1, -0.05) is 13.3 Å². The van der Waals surface area contributed by atoms with E-state index in [0.29, 0.717) is 6.42 Å². The van der Waals surface area contributed by atoms with Crippen molar-refractivity contribution in [3.63, 3.8) is 0 Å². The van der Waals surface area contributed by atoms with E-state index in [1.54, 1.807) is 6.92 Å². The molecule has 0 aliphatic rings. The van der Waals surface area contributed by atoms with Crippen LogP contribution in [0, 0.1) is 0 Å². The van der Waals surface area contributed by atoms with Crippen LogP contribution < -0.4 is 0 Å². The van der Waals surface area contributed by atoms with Gasteiger partial charge in [-0.25, -0.2) is 0 Å². The Hall–Kier alpha value is -0.0800. The predicted molar refractivity (Wildman–Crippen MR) is 32.6 cm³/mol. The van der Waals surface area contributed by atoms with Crippen molar-refractivity contribution in [2.24, 2.45) is 0 Å². The summed E-state index contributed by atoms with van der Waals surface area (Å²) in [5.41, 5.74) is 0. The second-order valence-corrected chi connectivity index (χ2v) is 2.10. The molecule has 0 aromatic carbocycles. The van der Waals surface area contributed by atoms with Gasteiger partial charge in [-0.2, -0.15) is 0 Å². The highest BCUT2D eigenvalue weighted by Gasteiger charge is 2.07. The van der Waals surface area contributed by atoms with Crippen LogP contribution in [0.3, 0.4) is 0 Å². The topological polar surface area (TPSA) is 40.5 Å². The fourth-order valence-corrected chi connectivity index (χ4v) is 0.537. The zero-order valence-electron chi connectivity index (χ0n) is 5.46. The lowest BCUT2D eigenvalue weighted by Crippen LogP contribution is -2.21. The molecule has 0 aromatic heterocycles. The summed E-state index contributed by atoms with van der Waals surface area (Å²) in [6, 6.07) is 0. The van der Waals surface area contributed by atoms with E-state index in [9.17, 15) is 0 Å². The summed E-state index contributed by atoms with van der Waals surface area (Å²) >= 11 is 0. The van der Waals surface area contributed by atoms with Crippen LogP contribution in [-0.2, 0) is 0 Å². The fraction of sp³-hybridized carbons (Fsp3) is 1.00. The molecular weight excluding hydrogens is 104 g/mol. The van der Waals surface area contributed by atoms with E-state index in [2.05, 4.69) is 0 Å². The van der Waals surface area contributed by atoms with Crippen LogP contribution in [-0.4, -0.2) is 22.4 Å². The number of hydrogen-bond acceptors (Lipinski definition) is 2. The Labute approximate surface area is 50.2 Å². The molecule has 0 saturated carbocycles. The maximum atomic E-state index is 8.88. The van der Waals surface area contributed by atoms with Crippen LogP contribution in [0.15, 0.2) is 0 Å². The van der Waals surface area contributed by atoms with Crippen LogP contribution in [0.1, 0.15) is 26.7 Å². The molecule has 2 nitrogen and oxygen atoms in total. The first-order chi connectivity index (χ1) is 3.68. The van der Waals surface area contributed by atoms with Gasteiger partial charge in [0.2, 0.25) is 0 Å². The van der Waals surface area contributed by atoms with Gasteiger partial charge in [-0.3, -0.25) is 0 Å². The second-order valence-electron chi connectivity index (χ2n) is 2.10. The number of rotatable bonds is 3. The monoisotopic (exact) mass is 118 g/mol. The Morgan fingerprint density at radius 2 is 1.88 bits per heavy atom. The average Bonchev–Trinajstić information content (AvgIpc) is 1.67. The molecule has 0 bridgehead atoms. The van der Waals surface area contributed by atoms with Gasteiger partial charge in [0, 0.05) is 0 Å². The van der Waals surface area contributed by atoms with E-state index in [1.165, 1.54) is 0 Å². The van der Waals surface area contributed by atoms with E-state index >= 15 is 0 Å². The summed E-state index contributed by atoms with van der Waals surface area (Å²) in [6.07, 6.45) is 0.513. The average molecular weight is 118 g/mol. The minimum absolute atomic E-state index is 0.528. The third-order valence-corrected chi connectivity index (χ3v) is 1.14. The third kappa shape index (κ3) is 2.99. The molecule has 50 valence electrons. The molecule has 0 aliphatic carbocycles. The summed E-state index contributed by atoms with van der Waals surface area (Å²) in [4.78, 5) is 0. The van der Waals surface area contributed by atoms with E-state index in [0.717, 1.165) is 6.42 Å². The Balaban J connectivity index is 3.17. The normalized spacial score (nSPS) is 18.0. The van der Waals surface area contributed by atoms with Crippen molar-refractivity contribution >= 4 is 0 Å². The van der Waals surface area contributed by atoms with E-state index in [1.807, 2.05) is 6.92 Å². The lowest BCUT2D eigenvalue weighted by molar-refractivity contribution is 0.0259. The minimum atomic E-state index is -0.574. The number of aliphatic hydroxyl groups excluding tert-OH is 2. The smallest absolute Gasteiger partial charge is 0.0796 e. The minimum Gasteiger partial charge on any atom is -0.391 e. The highest BCUT2D eigenvalue weighted by molar-refractivity contribution is 4.59. The molecule has 2 heteroatoms. The lowest BCUT2D eigenvalue weighted by Gasteiger charge is -2.10. The Kier molecular flexibility index (Phi) is 3.83. The molecule has 0 fully saturated rings. The van der Waals surface area contributed by atoms with Crippen LogP contribution >= 0.6 is 0 Å². The maximum absolute atomic E-state index is 8.88. The molecule has 0 spiro atoms. The highest BCUT2D eigenvalue weighted by atomic mass is 16.3. The first kappa shape index (κ1) is 7.92. The van der Waals surface area contributed by atoms with E-state index in [-0.39, 0.29) is 0 Å². The molecule has 0 aliphatic heterocycles. The molecule has 2 N–H and O–H groups in total. The first-order valence-corrected chi connectivity index (χ1v) is 3.04. The largest absolute Gasteiger partial charge is 0.391 e.